The summed E-state index contributed by atoms with van der Waals surface area (Å²) in [6.07, 6.45) is 1.66. The van der Waals surface area contributed by atoms with E-state index >= 15 is 0 Å². The average molecular weight is 297 g/mol. The first-order valence-electron chi connectivity index (χ1n) is 4.76. The first-order valence-corrected chi connectivity index (χ1v) is 7.75. The first-order chi connectivity index (χ1) is 7.91. The zero-order valence-corrected chi connectivity index (χ0v) is 11.6. The number of hydrogen-bond donors (Lipinski definition) is 2. The number of allylic oxidation sites excluding steroid dienone is 1. The lowest BCUT2D eigenvalue weighted by Crippen LogP contribution is -2.29. The molecular weight excluding hydrogens is 285 g/mol. The highest BCUT2D eigenvalue weighted by Gasteiger charge is 2.31. The number of carbonyl (C=O) groups excluding carboxylic acids is 1. The maximum atomic E-state index is 11.7. The number of rotatable bonds is 5. The molecule has 2 N–H and O–H groups in total. The van der Waals surface area contributed by atoms with Crippen molar-refractivity contribution in [2.75, 3.05) is 12.7 Å². The van der Waals surface area contributed by atoms with E-state index in [1.807, 2.05) is 0 Å². The van der Waals surface area contributed by atoms with Gasteiger partial charge in [-0.25, -0.2) is 5.26 Å². The zero-order chi connectivity index (χ0) is 13.1. The Hall–Kier alpha value is -0.240. The fourth-order valence-corrected chi connectivity index (χ4v) is 3.11. The second kappa shape index (κ2) is 6.08. The highest BCUT2D eigenvalue weighted by atomic mass is 32.2. The molecule has 96 valence electrons. The third kappa shape index (κ3) is 3.87. The molecule has 1 fully saturated rings. The maximum Gasteiger partial charge on any atom is 0.355 e. The van der Waals surface area contributed by atoms with Crippen LogP contribution in [0.4, 0.5) is 0 Å². The van der Waals surface area contributed by atoms with Crippen molar-refractivity contribution in [2.45, 2.75) is 13.3 Å². The minimum Gasteiger partial charge on any atom is -0.323 e. The summed E-state index contributed by atoms with van der Waals surface area (Å²) < 4.78 is 14.9. The molecule has 6 nitrogen and oxygen atoms in total. The highest BCUT2D eigenvalue weighted by Crippen LogP contribution is 2.41. The van der Waals surface area contributed by atoms with Crippen LogP contribution in [0, 0.1) is 0 Å². The van der Waals surface area contributed by atoms with E-state index in [1.165, 1.54) is 16.7 Å². The van der Waals surface area contributed by atoms with Crippen molar-refractivity contribution in [3.63, 3.8) is 0 Å². The van der Waals surface area contributed by atoms with Crippen LogP contribution in [0.15, 0.2) is 11.0 Å². The van der Waals surface area contributed by atoms with Crippen LogP contribution in [0.2, 0.25) is 0 Å². The number of nitrogens with zero attached hydrogens (tertiary/aromatic N) is 1. The largest absolute Gasteiger partial charge is 0.355 e. The number of thiocarbonyl (C=S) groups is 1. The quantitative estimate of drug-likeness (QED) is 0.263. The molecule has 0 spiro atoms. The van der Waals surface area contributed by atoms with E-state index in [9.17, 15) is 9.36 Å². The molecule has 9 heteroatoms. The summed E-state index contributed by atoms with van der Waals surface area (Å²) in [7, 11) is -3.94. The molecule has 0 aromatic rings. The Morgan fingerprint density at radius 3 is 2.76 bits per heavy atom. The fraction of sp³-hybridized carbons (Fsp3) is 0.500. The summed E-state index contributed by atoms with van der Waals surface area (Å²) in [6.45, 7) is 1.98. The van der Waals surface area contributed by atoms with Crippen molar-refractivity contribution in [2.24, 2.45) is 0 Å². The molecular formula is C8H12NO5PS2. The van der Waals surface area contributed by atoms with E-state index < -0.39 is 7.60 Å². The van der Waals surface area contributed by atoms with Crippen molar-refractivity contribution in [1.82, 2.24) is 4.90 Å². The molecule has 0 aromatic carbocycles. The minimum absolute atomic E-state index is 0.194. The smallest absolute Gasteiger partial charge is 0.323 e. The molecule has 1 rings (SSSR count). The van der Waals surface area contributed by atoms with Gasteiger partial charge in [0.2, 0.25) is 0 Å². The highest BCUT2D eigenvalue weighted by molar-refractivity contribution is 8.26. The molecule has 17 heavy (non-hydrogen) atoms. The van der Waals surface area contributed by atoms with E-state index in [0.29, 0.717) is 9.23 Å². The summed E-state index contributed by atoms with van der Waals surface area (Å²) in [5.74, 6) is -0.194. The Morgan fingerprint density at radius 2 is 2.29 bits per heavy atom. The van der Waals surface area contributed by atoms with Crippen molar-refractivity contribution in [3.05, 3.63) is 11.0 Å². The van der Waals surface area contributed by atoms with Crippen LogP contribution < -0.4 is 0 Å². The molecule has 1 atom stereocenters. The molecule has 1 aliphatic rings. The molecule has 1 amide bonds. The number of carbonyl (C=O) groups is 1. The molecule has 1 saturated heterocycles. The van der Waals surface area contributed by atoms with Crippen LogP contribution in [0.3, 0.4) is 0 Å². The SMILES string of the molecule is C/C=C1/SC(=S)N(CCCP(=O)(O)OO)C1=O. The van der Waals surface area contributed by atoms with Gasteiger partial charge in [-0.2, -0.15) is 4.67 Å². The third-order valence-corrected chi connectivity index (χ3v) is 4.72. The van der Waals surface area contributed by atoms with Crippen LogP contribution in [0.5, 0.6) is 0 Å². The van der Waals surface area contributed by atoms with Crippen LogP contribution in [-0.4, -0.2) is 38.0 Å². The summed E-state index contributed by atoms with van der Waals surface area (Å²) >= 11 is 6.21. The molecule has 1 aliphatic heterocycles. The topological polar surface area (TPSA) is 87.1 Å². The van der Waals surface area contributed by atoms with Gasteiger partial charge in [-0.05, 0) is 13.3 Å². The second-order valence-corrected chi connectivity index (χ2v) is 6.84. The Morgan fingerprint density at radius 1 is 1.65 bits per heavy atom. The Balaban J connectivity index is 2.51. The standard InChI is InChI=1S/C8H12NO5PS2/c1-2-6-7(10)9(8(16)17-6)4-3-5-15(12,13)14-11/h2,11H,3-5H2,1H3,(H,12,13)/b6-2+. The lowest BCUT2D eigenvalue weighted by Gasteiger charge is -2.14. The van der Waals surface area contributed by atoms with E-state index in [0.717, 1.165) is 0 Å². The molecule has 1 heterocycles. The number of hydrogen-bond acceptors (Lipinski definition) is 6. The predicted octanol–water partition coefficient (Wildman–Crippen LogP) is 1.82. The van der Waals surface area contributed by atoms with Gasteiger partial charge in [0.1, 0.15) is 4.32 Å². The second-order valence-electron chi connectivity index (χ2n) is 3.27. The Bertz CT molecular complexity index is 411. The number of amides is 1. The van der Waals surface area contributed by atoms with Crippen LogP contribution in [-0.2, 0) is 14.0 Å². The fourth-order valence-electron chi connectivity index (χ4n) is 1.25. The van der Waals surface area contributed by atoms with E-state index in [2.05, 4.69) is 4.67 Å². The molecule has 0 bridgehead atoms. The van der Waals surface area contributed by atoms with Gasteiger partial charge in [-0.1, -0.05) is 30.1 Å². The van der Waals surface area contributed by atoms with E-state index in [-0.39, 0.29) is 25.0 Å². The van der Waals surface area contributed by atoms with Crippen molar-refractivity contribution in [3.8, 4) is 0 Å². The van der Waals surface area contributed by atoms with Gasteiger partial charge < -0.3 is 4.89 Å². The third-order valence-electron chi connectivity index (χ3n) is 2.09. The molecule has 0 radical (unpaired) electrons. The molecule has 0 aliphatic carbocycles. The van der Waals surface area contributed by atoms with Gasteiger partial charge in [0, 0.05) is 6.54 Å². The van der Waals surface area contributed by atoms with Gasteiger partial charge in [-0.15, -0.1) is 0 Å². The van der Waals surface area contributed by atoms with Crippen LogP contribution >= 0.6 is 31.6 Å². The van der Waals surface area contributed by atoms with Gasteiger partial charge >= 0.3 is 7.60 Å². The summed E-state index contributed by atoms with van der Waals surface area (Å²) in [5, 5.41) is 8.14. The molecule has 0 aromatic heterocycles. The lowest BCUT2D eigenvalue weighted by molar-refractivity contribution is -0.145. The molecule has 0 saturated carbocycles. The lowest BCUT2D eigenvalue weighted by atomic mass is 10.4. The minimum atomic E-state index is -3.94. The Kier molecular flexibility index (Phi) is 5.30. The van der Waals surface area contributed by atoms with Gasteiger partial charge in [0.05, 0.1) is 11.1 Å². The van der Waals surface area contributed by atoms with Gasteiger partial charge in [0.15, 0.2) is 0 Å². The predicted molar refractivity (Wildman–Crippen MR) is 68.7 cm³/mol. The van der Waals surface area contributed by atoms with Crippen LogP contribution in [0.25, 0.3) is 0 Å². The van der Waals surface area contributed by atoms with Crippen molar-refractivity contribution < 1.29 is 24.2 Å². The van der Waals surface area contributed by atoms with Gasteiger partial charge in [0.25, 0.3) is 5.91 Å². The zero-order valence-electron chi connectivity index (χ0n) is 9.03. The maximum absolute atomic E-state index is 11.7. The summed E-state index contributed by atoms with van der Waals surface area (Å²) in [5.41, 5.74) is 0. The number of thioether (sulfide) groups is 1. The van der Waals surface area contributed by atoms with Crippen molar-refractivity contribution >= 4 is 41.8 Å². The summed E-state index contributed by atoms with van der Waals surface area (Å²) in [6, 6.07) is 0. The summed E-state index contributed by atoms with van der Waals surface area (Å²) in [4.78, 5) is 22.6. The first kappa shape index (κ1) is 14.8. The molecule has 1 unspecified atom stereocenters. The average Bonchev–Trinajstić information content (AvgIpc) is 2.56. The van der Waals surface area contributed by atoms with Crippen molar-refractivity contribution in [1.29, 1.82) is 0 Å². The van der Waals surface area contributed by atoms with Gasteiger partial charge in [-0.3, -0.25) is 14.3 Å². The normalized spacial score (nSPS) is 22.3. The van der Waals surface area contributed by atoms with E-state index in [4.69, 9.17) is 22.4 Å². The van der Waals surface area contributed by atoms with Crippen LogP contribution in [0.1, 0.15) is 13.3 Å². The monoisotopic (exact) mass is 297 g/mol. The van der Waals surface area contributed by atoms with E-state index in [1.54, 1.807) is 13.0 Å². The Labute approximate surface area is 108 Å².